The molecular formula is C15H11F3N2O2. The van der Waals surface area contributed by atoms with E-state index in [0.717, 1.165) is 18.2 Å². The molecule has 0 heterocycles. The van der Waals surface area contributed by atoms with Gasteiger partial charge in [-0.15, -0.1) is 0 Å². The minimum atomic E-state index is -1.14. The maximum atomic E-state index is 13.4. The molecule has 114 valence electrons. The van der Waals surface area contributed by atoms with E-state index in [9.17, 15) is 22.8 Å². The molecule has 0 radical (unpaired) electrons. The van der Waals surface area contributed by atoms with E-state index in [-0.39, 0.29) is 11.3 Å². The Morgan fingerprint density at radius 2 is 1.41 bits per heavy atom. The van der Waals surface area contributed by atoms with Gasteiger partial charge in [-0.25, -0.2) is 13.2 Å². The van der Waals surface area contributed by atoms with Crippen molar-refractivity contribution >= 4 is 17.5 Å². The van der Waals surface area contributed by atoms with Gasteiger partial charge in [-0.3, -0.25) is 9.59 Å². The Morgan fingerprint density at radius 1 is 0.818 bits per heavy atom. The Bertz CT molecular complexity index is 699. The van der Waals surface area contributed by atoms with Crippen molar-refractivity contribution in [2.24, 2.45) is 0 Å². The Morgan fingerprint density at radius 3 is 2.05 bits per heavy atom. The number of carbonyl (C=O) groups excluding carboxylic acids is 2. The van der Waals surface area contributed by atoms with E-state index < -0.39 is 35.8 Å². The average molecular weight is 308 g/mol. The third-order valence-corrected chi connectivity index (χ3v) is 2.82. The fraction of sp³-hybridized carbons (Fsp3) is 0.0667. The van der Waals surface area contributed by atoms with Crippen LogP contribution in [0, 0.1) is 17.5 Å². The van der Waals surface area contributed by atoms with E-state index in [0.29, 0.717) is 0 Å². The lowest BCUT2D eigenvalue weighted by Gasteiger charge is -2.08. The topological polar surface area (TPSA) is 58.2 Å². The molecule has 0 fully saturated rings. The summed E-state index contributed by atoms with van der Waals surface area (Å²) >= 11 is 0. The van der Waals surface area contributed by atoms with Crippen LogP contribution in [0.2, 0.25) is 0 Å². The number of anilines is 1. The van der Waals surface area contributed by atoms with Crippen molar-refractivity contribution in [3.8, 4) is 0 Å². The molecule has 0 unspecified atom stereocenters. The highest BCUT2D eigenvalue weighted by atomic mass is 19.1. The quantitative estimate of drug-likeness (QED) is 0.855. The van der Waals surface area contributed by atoms with Crippen LogP contribution >= 0.6 is 0 Å². The Balaban J connectivity index is 1.98. The van der Waals surface area contributed by atoms with Gasteiger partial charge in [0.1, 0.15) is 17.5 Å². The van der Waals surface area contributed by atoms with Crippen molar-refractivity contribution in [3.05, 3.63) is 65.5 Å². The molecule has 7 heteroatoms. The number of rotatable bonds is 3. The molecule has 0 saturated carbocycles. The van der Waals surface area contributed by atoms with Crippen LogP contribution < -0.4 is 10.6 Å². The molecule has 0 saturated heterocycles. The first-order chi connectivity index (χ1) is 10.5. The summed E-state index contributed by atoms with van der Waals surface area (Å²) in [5, 5.41) is 4.13. The number of para-hydroxylation sites is 1. The zero-order valence-electron chi connectivity index (χ0n) is 11.2. The summed E-state index contributed by atoms with van der Waals surface area (Å²) in [6.45, 7) is -0.498. The molecule has 0 bridgehead atoms. The second kappa shape index (κ2) is 6.75. The van der Waals surface area contributed by atoms with Crippen molar-refractivity contribution in [2.75, 3.05) is 5.32 Å². The molecule has 0 aromatic heterocycles. The predicted molar refractivity (Wildman–Crippen MR) is 73.2 cm³/mol. The highest BCUT2D eigenvalue weighted by Crippen LogP contribution is 2.13. The van der Waals surface area contributed by atoms with Crippen LogP contribution in [0.3, 0.4) is 0 Å². The molecule has 2 N–H and O–H groups in total. The van der Waals surface area contributed by atoms with Crippen LogP contribution in [0.1, 0.15) is 5.56 Å². The lowest BCUT2D eigenvalue weighted by atomic mass is 10.2. The van der Waals surface area contributed by atoms with Crippen molar-refractivity contribution < 1.29 is 22.8 Å². The van der Waals surface area contributed by atoms with Crippen molar-refractivity contribution in [2.45, 2.75) is 6.54 Å². The van der Waals surface area contributed by atoms with E-state index >= 15 is 0 Å². The maximum absolute atomic E-state index is 13.4. The molecule has 4 nitrogen and oxygen atoms in total. The molecular weight excluding hydrogens is 297 g/mol. The fourth-order valence-electron chi connectivity index (χ4n) is 1.69. The molecule has 2 rings (SSSR count). The second-order valence-electron chi connectivity index (χ2n) is 4.32. The van der Waals surface area contributed by atoms with Gasteiger partial charge in [-0.05, 0) is 24.3 Å². The number of halogens is 3. The van der Waals surface area contributed by atoms with Crippen molar-refractivity contribution in [1.29, 1.82) is 0 Å². The third-order valence-electron chi connectivity index (χ3n) is 2.82. The number of nitrogens with one attached hydrogen (secondary N) is 2. The van der Waals surface area contributed by atoms with Gasteiger partial charge < -0.3 is 10.6 Å². The van der Waals surface area contributed by atoms with Gasteiger partial charge in [0.25, 0.3) is 0 Å². The Hall–Kier alpha value is -2.83. The van der Waals surface area contributed by atoms with Crippen LogP contribution in [0.4, 0.5) is 18.9 Å². The molecule has 0 aliphatic heterocycles. The lowest BCUT2D eigenvalue weighted by Crippen LogP contribution is -2.35. The lowest BCUT2D eigenvalue weighted by molar-refractivity contribution is -0.136. The van der Waals surface area contributed by atoms with Gasteiger partial charge in [0.15, 0.2) is 0 Å². The minimum Gasteiger partial charge on any atom is -0.344 e. The van der Waals surface area contributed by atoms with E-state index in [1.165, 1.54) is 24.3 Å². The van der Waals surface area contributed by atoms with Crippen LogP contribution in [-0.4, -0.2) is 11.8 Å². The summed E-state index contributed by atoms with van der Waals surface area (Å²) < 4.78 is 40.0. The molecule has 0 aliphatic rings. The number of carbonyl (C=O) groups is 2. The second-order valence-corrected chi connectivity index (χ2v) is 4.32. The fourth-order valence-corrected chi connectivity index (χ4v) is 1.69. The molecule has 0 aliphatic carbocycles. The summed E-state index contributed by atoms with van der Waals surface area (Å²) in [6.07, 6.45) is 0. The largest absolute Gasteiger partial charge is 0.344 e. The summed E-state index contributed by atoms with van der Waals surface area (Å²) in [4.78, 5) is 23.1. The minimum absolute atomic E-state index is 0.167. The zero-order chi connectivity index (χ0) is 16.1. The summed E-state index contributed by atoms with van der Waals surface area (Å²) in [7, 11) is 0. The SMILES string of the molecule is O=C(NCc1c(F)cccc1F)C(=O)Nc1ccccc1F. The monoisotopic (exact) mass is 308 g/mol. The van der Waals surface area contributed by atoms with Gasteiger partial charge >= 0.3 is 11.8 Å². The molecule has 2 aromatic carbocycles. The van der Waals surface area contributed by atoms with E-state index in [1.54, 1.807) is 0 Å². The van der Waals surface area contributed by atoms with E-state index in [4.69, 9.17) is 0 Å². The highest BCUT2D eigenvalue weighted by Gasteiger charge is 2.17. The third kappa shape index (κ3) is 3.63. The predicted octanol–water partition coefficient (Wildman–Crippen LogP) is 2.36. The van der Waals surface area contributed by atoms with Crippen molar-refractivity contribution in [3.63, 3.8) is 0 Å². The summed E-state index contributed by atoms with van der Waals surface area (Å²) in [5.74, 6) is -4.65. The highest BCUT2D eigenvalue weighted by molar-refractivity contribution is 6.39. The number of hydrogen-bond acceptors (Lipinski definition) is 2. The van der Waals surface area contributed by atoms with Crippen molar-refractivity contribution in [1.82, 2.24) is 5.32 Å². The van der Waals surface area contributed by atoms with E-state index in [1.807, 2.05) is 0 Å². The van der Waals surface area contributed by atoms with Gasteiger partial charge in [0.05, 0.1) is 5.69 Å². The number of benzene rings is 2. The van der Waals surface area contributed by atoms with Gasteiger partial charge in [0.2, 0.25) is 0 Å². The van der Waals surface area contributed by atoms with Gasteiger partial charge in [-0.2, -0.15) is 0 Å². The molecule has 22 heavy (non-hydrogen) atoms. The van der Waals surface area contributed by atoms with Gasteiger partial charge in [-0.1, -0.05) is 18.2 Å². The number of amides is 2. The normalized spacial score (nSPS) is 10.1. The standard InChI is InChI=1S/C15H11F3N2O2/c16-10-5-3-6-11(17)9(10)8-19-14(21)15(22)20-13-7-2-1-4-12(13)18/h1-7H,8H2,(H,19,21)(H,20,22). The van der Waals surface area contributed by atoms with Crippen LogP contribution in [-0.2, 0) is 16.1 Å². The number of hydrogen-bond donors (Lipinski definition) is 2. The maximum Gasteiger partial charge on any atom is 0.313 e. The zero-order valence-corrected chi connectivity index (χ0v) is 11.2. The molecule has 2 amide bonds. The van der Waals surface area contributed by atoms with Crippen LogP contribution in [0.5, 0.6) is 0 Å². The summed E-state index contributed by atoms with van der Waals surface area (Å²) in [5.41, 5.74) is -0.533. The Kier molecular flexibility index (Phi) is 4.77. The van der Waals surface area contributed by atoms with Crippen LogP contribution in [0.25, 0.3) is 0 Å². The Labute approximate surface area is 124 Å². The average Bonchev–Trinajstić information content (AvgIpc) is 2.48. The molecule has 0 atom stereocenters. The molecule has 2 aromatic rings. The van der Waals surface area contributed by atoms with E-state index in [2.05, 4.69) is 10.6 Å². The first-order valence-electron chi connectivity index (χ1n) is 6.25. The van der Waals surface area contributed by atoms with Gasteiger partial charge in [0, 0.05) is 12.1 Å². The van der Waals surface area contributed by atoms with Crippen LogP contribution in [0.15, 0.2) is 42.5 Å². The first kappa shape index (κ1) is 15.6. The summed E-state index contributed by atoms with van der Waals surface area (Å²) in [6, 6.07) is 8.53. The smallest absolute Gasteiger partial charge is 0.313 e. The molecule has 0 spiro atoms. The first-order valence-corrected chi connectivity index (χ1v) is 6.25.